The molecule has 8 rings (SSSR count). The summed E-state index contributed by atoms with van der Waals surface area (Å²) in [5.41, 5.74) is 10.5. The lowest BCUT2D eigenvalue weighted by molar-refractivity contribution is 0.600. The number of allylic oxidation sites excluding steroid dienone is 5. The molecule has 0 radical (unpaired) electrons. The third-order valence-electron chi connectivity index (χ3n) is 8.93. The van der Waals surface area contributed by atoms with E-state index in [1.807, 2.05) is 54.6 Å². The molecule has 0 amide bonds. The van der Waals surface area contributed by atoms with Crippen molar-refractivity contribution >= 4 is 44.4 Å². The number of rotatable bonds is 3. The fourth-order valence-corrected chi connectivity index (χ4v) is 7.03. The van der Waals surface area contributed by atoms with E-state index >= 15 is 0 Å². The zero-order valence-corrected chi connectivity index (χ0v) is 23.8. The molecule has 206 valence electrons. The number of aromatic nitrogens is 2. The summed E-state index contributed by atoms with van der Waals surface area (Å²) in [6.07, 6.45) is 14.0. The van der Waals surface area contributed by atoms with Crippen LogP contribution < -0.4 is 0 Å². The molecule has 0 aliphatic heterocycles. The van der Waals surface area contributed by atoms with Crippen LogP contribution in [0.3, 0.4) is 0 Å². The molecule has 2 heterocycles. The van der Waals surface area contributed by atoms with E-state index in [4.69, 9.17) is 0 Å². The highest BCUT2D eigenvalue weighted by molar-refractivity contribution is 6.09. The van der Waals surface area contributed by atoms with E-state index in [9.17, 15) is 15.8 Å². The van der Waals surface area contributed by atoms with Crippen LogP contribution in [0, 0.1) is 34.0 Å². The molecule has 0 spiro atoms. The topological polar surface area (TPSA) is 81.2 Å². The van der Waals surface area contributed by atoms with E-state index in [0.717, 1.165) is 68.8 Å². The van der Waals surface area contributed by atoms with E-state index in [-0.39, 0.29) is 6.04 Å². The van der Waals surface area contributed by atoms with Crippen molar-refractivity contribution in [3.63, 3.8) is 0 Å². The fraction of sp³-hybridized carbons (Fsp3) is 0.103. The number of nitrogens with zero attached hydrogens (tertiary/aromatic N) is 5. The number of nitriles is 3. The molecule has 1 unspecified atom stereocenters. The lowest BCUT2D eigenvalue weighted by atomic mass is 9.94. The minimum absolute atomic E-state index is 0.104. The Balaban J connectivity index is 1.30. The van der Waals surface area contributed by atoms with Crippen molar-refractivity contribution < 1.29 is 0 Å². The first-order chi connectivity index (χ1) is 21.7. The molecular formula is C39H25N5. The van der Waals surface area contributed by atoms with Gasteiger partial charge in [0.2, 0.25) is 0 Å². The second kappa shape index (κ2) is 10.0. The molecule has 0 saturated heterocycles. The molecule has 6 aromatic rings. The Morgan fingerprint density at radius 3 is 2.23 bits per heavy atom. The Morgan fingerprint density at radius 1 is 0.659 bits per heavy atom. The van der Waals surface area contributed by atoms with Crippen LogP contribution in [-0.2, 0) is 6.42 Å². The van der Waals surface area contributed by atoms with Crippen LogP contribution in [0.25, 0.3) is 50.0 Å². The quantitative estimate of drug-likeness (QED) is 0.216. The highest BCUT2D eigenvalue weighted by Gasteiger charge is 2.24. The van der Waals surface area contributed by atoms with Crippen molar-refractivity contribution in [1.82, 2.24) is 9.13 Å². The first kappa shape index (κ1) is 25.6. The molecule has 1 atom stereocenters. The van der Waals surface area contributed by atoms with Gasteiger partial charge in [-0.1, -0.05) is 48.6 Å². The van der Waals surface area contributed by atoms with E-state index in [0.29, 0.717) is 16.7 Å². The monoisotopic (exact) mass is 563 g/mol. The summed E-state index contributed by atoms with van der Waals surface area (Å²) in [5.74, 6) is 0. The standard InChI is InChI=1S/C39H25N5/c40-22-25-12-14-38-34(18-25)32-8-1-3-10-36(32)43(38)30-7-5-6-28(20-30)29-16-27(24-42)17-31(21-29)44-37-11-4-2-9-33(37)35-19-26(23-41)13-15-39(35)44/h1-2,4-6,8-9,11-21,30H,3,7,10H2. The van der Waals surface area contributed by atoms with Gasteiger partial charge in [-0.25, -0.2) is 0 Å². The van der Waals surface area contributed by atoms with Crippen molar-refractivity contribution in [1.29, 1.82) is 15.8 Å². The normalized spacial score (nSPS) is 15.6. The molecule has 2 aliphatic rings. The summed E-state index contributed by atoms with van der Waals surface area (Å²) >= 11 is 0. The highest BCUT2D eigenvalue weighted by atomic mass is 15.0. The Labute approximate surface area is 254 Å². The highest BCUT2D eigenvalue weighted by Crippen LogP contribution is 2.39. The maximum Gasteiger partial charge on any atom is 0.0992 e. The first-order valence-electron chi connectivity index (χ1n) is 14.8. The van der Waals surface area contributed by atoms with Crippen LogP contribution in [-0.4, -0.2) is 9.13 Å². The van der Waals surface area contributed by atoms with Crippen molar-refractivity contribution in [3.05, 3.63) is 137 Å². The van der Waals surface area contributed by atoms with Crippen molar-refractivity contribution in [2.24, 2.45) is 0 Å². The lowest BCUT2D eigenvalue weighted by Gasteiger charge is -2.24. The molecule has 0 fully saturated rings. The summed E-state index contributed by atoms with van der Waals surface area (Å²) in [5, 5.41) is 32.4. The minimum atomic E-state index is 0.104. The molecule has 2 aliphatic carbocycles. The van der Waals surface area contributed by atoms with Crippen molar-refractivity contribution in [2.45, 2.75) is 25.3 Å². The van der Waals surface area contributed by atoms with Gasteiger partial charge in [-0.05, 0) is 91.1 Å². The van der Waals surface area contributed by atoms with E-state index < -0.39 is 0 Å². The maximum absolute atomic E-state index is 10.1. The van der Waals surface area contributed by atoms with Crippen LogP contribution in [0.5, 0.6) is 0 Å². The molecule has 2 aromatic heterocycles. The van der Waals surface area contributed by atoms with E-state index in [2.05, 4.69) is 82.0 Å². The zero-order chi connectivity index (χ0) is 29.8. The molecule has 0 bridgehead atoms. The molecular weight excluding hydrogens is 538 g/mol. The summed E-state index contributed by atoms with van der Waals surface area (Å²) in [6, 6.07) is 33.1. The van der Waals surface area contributed by atoms with Gasteiger partial charge in [-0.2, -0.15) is 15.8 Å². The maximum atomic E-state index is 10.1. The van der Waals surface area contributed by atoms with Gasteiger partial charge in [0.25, 0.3) is 0 Å². The number of hydrogen-bond acceptors (Lipinski definition) is 3. The molecule has 0 saturated carbocycles. The van der Waals surface area contributed by atoms with Crippen LogP contribution in [0.15, 0.2) is 103 Å². The third kappa shape index (κ3) is 3.90. The van der Waals surface area contributed by atoms with Gasteiger partial charge in [0.1, 0.15) is 0 Å². The molecule has 5 nitrogen and oxygen atoms in total. The van der Waals surface area contributed by atoms with Crippen LogP contribution >= 0.6 is 0 Å². The van der Waals surface area contributed by atoms with Crippen LogP contribution in [0.4, 0.5) is 0 Å². The summed E-state index contributed by atoms with van der Waals surface area (Å²) in [4.78, 5) is 0. The van der Waals surface area contributed by atoms with Gasteiger partial charge in [-0.15, -0.1) is 0 Å². The van der Waals surface area contributed by atoms with Crippen molar-refractivity contribution in [3.8, 4) is 23.9 Å². The Hall–Kier alpha value is -6.09. The first-order valence-corrected chi connectivity index (χ1v) is 14.8. The number of fused-ring (bicyclic) bond motifs is 6. The Bertz CT molecular complexity index is 2410. The smallest absolute Gasteiger partial charge is 0.0992 e. The number of hydrogen-bond donors (Lipinski definition) is 0. The minimum Gasteiger partial charge on any atom is -0.337 e. The van der Waals surface area contributed by atoms with Gasteiger partial charge in [-0.3, -0.25) is 0 Å². The third-order valence-corrected chi connectivity index (χ3v) is 8.93. The molecule has 0 N–H and O–H groups in total. The fourth-order valence-electron chi connectivity index (χ4n) is 7.03. The van der Waals surface area contributed by atoms with Crippen LogP contribution in [0.1, 0.15) is 52.4 Å². The van der Waals surface area contributed by atoms with Gasteiger partial charge < -0.3 is 9.13 Å². The summed E-state index contributed by atoms with van der Waals surface area (Å²) in [6.45, 7) is 0. The van der Waals surface area contributed by atoms with Gasteiger partial charge in [0, 0.05) is 38.6 Å². The predicted octanol–water partition coefficient (Wildman–Crippen LogP) is 8.90. The lowest BCUT2D eigenvalue weighted by Crippen LogP contribution is -2.13. The molecule has 44 heavy (non-hydrogen) atoms. The van der Waals surface area contributed by atoms with E-state index in [1.165, 1.54) is 11.3 Å². The van der Waals surface area contributed by atoms with E-state index in [1.54, 1.807) is 0 Å². The molecule has 4 aromatic carbocycles. The Morgan fingerprint density at radius 2 is 1.41 bits per heavy atom. The summed E-state index contributed by atoms with van der Waals surface area (Å²) in [7, 11) is 0. The average molecular weight is 564 g/mol. The number of benzene rings is 4. The zero-order valence-electron chi connectivity index (χ0n) is 23.8. The Kier molecular flexibility index (Phi) is 5.83. The average Bonchev–Trinajstić information content (AvgIpc) is 3.60. The van der Waals surface area contributed by atoms with Crippen LogP contribution in [0.2, 0.25) is 0 Å². The summed E-state index contributed by atoms with van der Waals surface area (Å²) < 4.78 is 4.64. The number of para-hydroxylation sites is 1. The van der Waals surface area contributed by atoms with Gasteiger partial charge in [0.15, 0.2) is 0 Å². The predicted molar refractivity (Wildman–Crippen MR) is 175 cm³/mol. The second-order valence-corrected chi connectivity index (χ2v) is 11.4. The molecule has 5 heteroatoms. The van der Waals surface area contributed by atoms with Crippen molar-refractivity contribution in [2.75, 3.05) is 0 Å². The second-order valence-electron chi connectivity index (χ2n) is 11.4. The van der Waals surface area contributed by atoms with Gasteiger partial charge in [0.05, 0.1) is 52.0 Å². The van der Waals surface area contributed by atoms with Gasteiger partial charge >= 0.3 is 0 Å². The SMILES string of the molecule is N#Cc1cc(C2=CC(n3c4c(c5cc(C#N)ccc53)C=CCC4)CC=C2)cc(-n2c3ccccc3c3cc(C#N)ccc32)c1. The largest absolute Gasteiger partial charge is 0.337 e.